The van der Waals surface area contributed by atoms with Crippen molar-refractivity contribution >= 4 is 0 Å². The van der Waals surface area contributed by atoms with Crippen LogP contribution in [0, 0.1) is 5.92 Å². The van der Waals surface area contributed by atoms with Crippen LogP contribution >= 0.6 is 0 Å². The molecule has 3 fully saturated rings. The van der Waals surface area contributed by atoms with Crippen LogP contribution in [0.4, 0.5) is 0 Å². The van der Waals surface area contributed by atoms with E-state index in [1.165, 1.54) is 90.8 Å². The number of piperazine rings is 1. The highest BCUT2D eigenvalue weighted by molar-refractivity contribution is 4.83. The van der Waals surface area contributed by atoms with Crippen molar-refractivity contribution in [2.45, 2.75) is 64.8 Å². The summed E-state index contributed by atoms with van der Waals surface area (Å²) in [6, 6.07) is 0.873. The molecule has 3 aliphatic rings. The predicted molar refractivity (Wildman–Crippen MR) is 91.8 cm³/mol. The Morgan fingerprint density at radius 3 is 2.05 bits per heavy atom. The van der Waals surface area contributed by atoms with Gasteiger partial charge in [0, 0.05) is 38.8 Å². The van der Waals surface area contributed by atoms with Crippen molar-refractivity contribution in [1.29, 1.82) is 0 Å². The Bertz CT molecular complexity index is 249. The van der Waals surface area contributed by atoms with Gasteiger partial charge in [0.25, 0.3) is 0 Å². The summed E-state index contributed by atoms with van der Waals surface area (Å²) in [6.45, 7) is 13.1. The molecule has 3 nitrogen and oxygen atoms in total. The van der Waals surface area contributed by atoms with Gasteiger partial charge in [0.1, 0.15) is 0 Å². The predicted octanol–water partition coefficient (Wildman–Crippen LogP) is 2.96. The van der Waals surface area contributed by atoms with Gasteiger partial charge in [0.2, 0.25) is 0 Å². The molecule has 0 aromatic rings. The molecular weight excluding hydrogens is 258 g/mol. The van der Waals surface area contributed by atoms with E-state index in [0.29, 0.717) is 0 Å². The molecule has 3 heteroatoms. The van der Waals surface area contributed by atoms with Crippen LogP contribution in [0.1, 0.15) is 58.8 Å². The summed E-state index contributed by atoms with van der Waals surface area (Å²) in [5, 5.41) is 3.48. The summed E-state index contributed by atoms with van der Waals surface area (Å²) in [7, 11) is 0. The molecule has 1 N–H and O–H groups in total. The first-order valence-corrected chi connectivity index (χ1v) is 9.59. The number of piperidine rings is 1. The van der Waals surface area contributed by atoms with Crippen molar-refractivity contribution in [3.05, 3.63) is 0 Å². The number of hydrogen-bond donors (Lipinski definition) is 1. The maximum absolute atomic E-state index is 3.48. The van der Waals surface area contributed by atoms with E-state index in [1.54, 1.807) is 0 Å². The third-order valence-electron chi connectivity index (χ3n) is 5.47. The lowest BCUT2D eigenvalue weighted by Gasteiger charge is -2.42. The van der Waals surface area contributed by atoms with Crippen LogP contribution in [-0.2, 0) is 0 Å². The summed E-state index contributed by atoms with van der Waals surface area (Å²) >= 11 is 0. The molecule has 0 unspecified atom stereocenters. The summed E-state index contributed by atoms with van der Waals surface area (Å²) in [5.41, 5.74) is 0. The molecule has 1 saturated carbocycles. The van der Waals surface area contributed by atoms with Crippen molar-refractivity contribution < 1.29 is 0 Å². The lowest BCUT2D eigenvalue weighted by Crippen LogP contribution is -2.53. The molecule has 0 aromatic heterocycles. The van der Waals surface area contributed by atoms with E-state index in [2.05, 4.69) is 15.1 Å². The average molecular weight is 296 g/mol. The zero-order valence-electron chi connectivity index (χ0n) is 14.4. The number of hydrogen-bond acceptors (Lipinski definition) is 3. The zero-order valence-corrected chi connectivity index (χ0v) is 14.4. The van der Waals surface area contributed by atoms with Gasteiger partial charge >= 0.3 is 0 Å². The van der Waals surface area contributed by atoms with Gasteiger partial charge in [-0.1, -0.05) is 33.1 Å². The van der Waals surface area contributed by atoms with Gasteiger partial charge in [-0.3, -0.25) is 4.90 Å². The molecule has 0 spiro atoms. The Morgan fingerprint density at radius 2 is 1.43 bits per heavy atom. The Hall–Kier alpha value is -0.120. The molecule has 0 bridgehead atoms. The van der Waals surface area contributed by atoms with E-state index in [4.69, 9.17) is 0 Å². The van der Waals surface area contributed by atoms with Crippen LogP contribution in [0.15, 0.2) is 0 Å². The second kappa shape index (κ2) is 9.81. The molecule has 0 radical (unpaired) electrons. The van der Waals surface area contributed by atoms with E-state index in [9.17, 15) is 0 Å². The monoisotopic (exact) mass is 295 g/mol. The van der Waals surface area contributed by atoms with Crippen molar-refractivity contribution in [3.8, 4) is 0 Å². The maximum Gasteiger partial charge on any atom is 0.0120 e. The van der Waals surface area contributed by atoms with Crippen molar-refractivity contribution in [3.63, 3.8) is 0 Å². The van der Waals surface area contributed by atoms with E-state index >= 15 is 0 Å². The normalized spacial score (nSPS) is 27.1. The minimum absolute atomic E-state index is 0.873. The van der Waals surface area contributed by atoms with Gasteiger partial charge in [0.05, 0.1) is 0 Å². The smallest absolute Gasteiger partial charge is 0.0120 e. The summed E-state index contributed by atoms with van der Waals surface area (Å²) in [5.74, 6) is 1.01. The Labute approximate surface area is 132 Å². The highest BCUT2D eigenvalue weighted by Gasteiger charge is 2.26. The Kier molecular flexibility index (Phi) is 8.05. The lowest BCUT2D eigenvalue weighted by molar-refractivity contribution is 0.0697. The molecule has 0 atom stereocenters. The van der Waals surface area contributed by atoms with Crippen LogP contribution in [0.3, 0.4) is 0 Å². The molecule has 1 aliphatic carbocycles. The fraction of sp³-hybridized carbons (Fsp3) is 1.00. The molecule has 0 amide bonds. The van der Waals surface area contributed by atoms with Crippen molar-refractivity contribution in [1.82, 2.24) is 15.1 Å². The largest absolute Gasteiger partial charge is 0.317 e. The molecule has 2 aliphatic heterocycles. The van der Waals surface area contributed by atoms with Gasteiger partial charge in [-0.15, -0.1) is 0 Å². The SMILES string of the molecule is C1CCC(CN2CCN(C3CCNCC3)CC2)CC1.CC. The van der Waals surface area contributed by atoms with E-state index in [-0.39, 0.29) is 0 Å². The number of nitrogens with one attached hydrogen (secondary N) is 1. The molecule has 0 aromatic carbocycles. The van der Waals surface area contributed by atoms with Crippen molar-refractivity contribution in [2.24, 2.45) is 5.92 Å². The first-order valence-electron chi connectivity index (χ1n) is 9.59. The van der Waals surface area contributed by atoms with E-state index < -0.39 is 0 Å². The summed E-state index contributed by atoms with van der Waals surface area (Å²) < 4.78 is 0. The molecule has 2 heterocycles. The molecule has 3 rings (SSSR count). The van der Waals surface area contributed by atoms with Crippen LogP contribution in [-0.4, -0.2) is 61.7 Å². The highest BCUT2D eigenvalue weighted by Crippen LogP contribution is 2.25. The third kappa shape index (κ3) is 5.54. The standard InChI is InChI=1S/C16H31N3.C2H6/c1-2-4-15(5-3-1)14-18-10-12-19(13-11-18)16-6-8-17-9-7-16;1-2/h15-17H,1-14H2;1-2H3. The van der Waals surface area contributed by atoms with Crippen LogP contribution in [0.5, 0.6) is 0 Å². The summed E-state index contributed by atoms with van der Waals surface area (Å²) in [4.78, 5) is 5.51. The van der Waals surface area contributed by atoms with Crippen molar-refractivity contribution in [2.75, 3.05) is 45.8 Å². The zero-order chi connectivity index (χ0) is 14.9. The maximum atomic E-state index is 3.48. The average Bonchev–Trinajstić information content (AvgIpc) is 2.59. The highest BCUT2D eigenvalue weighted by atomic mass is 15.3. The second-order valence-electron chi connectivity index (χ2n) is 6.82. The lowest BCUT2D eigenvalue weighted by atomic mass is 9.89. The first-order chi connectivity index (χ1) is 10.4. The van der Waals surface area contributed by atoms with Crippen LogP contribution in [0.25, 0.3) is 0 Å². The third-order valence-corrected chi connectivity index (χ3v) is 5.47. The molecule has 124 valence electrons. The minimum Gasteiger partial charge on any atom is -0.317 e. The number of rotatable bonds is 3. The van der Waals surface area contributed by atoms with Crippen LogP contribution in [0.2, 0.25) is 0 Å². The Morgan fingerprint density at radius 1 is 0.810 bits per heavy atom. The van der Waals surface area contributed by atoms with E-state index in [1.807, 2.05) is 13.8 Å². The van der Waals surface area contributed by atoms with Gasteiger partial charge in [0.15, 0.2) is 0 Å². The van der Waals surface area contributed by atoms with Gasteiger partial charge < -0.3 is 10.2 Å². The topological polar surface area (TPSA) is 18.5 Å². The quantitative estimate of drug-likeness (QED) is 0.863. The van der Waals surface area contributed by atoms with Gasteiger partial charge in [-0.2, -0.15) is 0 Å². The van der Waals surface area contributed by atoms with Gasteiger partial charge in [-0.05, 0) is 44.7 Å². The van der Waals surface area contributed by atoms with Gasteiger partial charge in [-0.25, -0.2) is 0 Å². The fourth-order valence-electron chi connectivity index (χ4n) is 4.22. The second-order valence-corrected chi connectivity index (χ2v) is 6.82. The number of nitrogens with zero attached hydrogens (tertiary/aromatic N) is 2. The first kappa shape index (κ1) is 17.2. The molecule has 2 saturated heterocycles. The minimum atomic E-state index is 0.873. The van der Waals surface area contributed by atoms with Crippen LogP contribution < -0.4 is 5.32 Å². The fourth-order valence-corrected chi connectivity index (χ4v) is 4.22. The molecule has 21 heavy (non-hydrogen) atoms. The molecular formula is C18H37N3. The Balaban J connectivity index is 0.000000774. The van der Waals surface area contributed by atoms with E-state index in [0.717, 1.165) is 12.0 Å². The summed E-state index contributed by atoms with van der Waals surface area (Å²) in [6.07, 6.45) is 10.2.